The van der Waals surface area contributed by atoms with E-state index in [4.69, 9.17) is 16.4 Å². The zero-order valence-electron chi connectivity index (χ0n) is 49.0. The second-order valence-electron chi connectivity index (χ2n) is 11.6. The molecule has 8 aromatic carbocycles. The smallest absolute Gasteiger partial charge is 0.0652 e. The highest BCUT2D eigenvalue weighted by atomic mass is 15.0. The summed E-state index contributed by atoms with van der Waals surface area (Å²) in [5.74, 6) is 0. The molecule has 0 saturated carbocycles. The highest BCUT2D eigenvalue weighted by Crippen LogP contribution is 2.40. The molecule has 0 N–H and O–H groups in total. The Morgan fingerprint density at radius 1 is 0.294 bits per heavy atom. The molecular formula is C48H31N3. The average molecular weight is 673 g/mol. The summed E-state index contributed by atoms with van der Waals surface area (Å²) in [6, 6.07) is -3.97. The van der Waals surface area contributed by atoms with Gasteiger partial charge in [-0.1, -0.05) is 103 Å². The quantitative estimate of drug-likeness (QED) is 0.177. The summed E-state index contributed by atoms with van der Waals surface area (Å²) < 4.78 is 213. The molecule has 0 spiro atoms. The lowest BCUT2D eigenvalue weighted by Crippen LogP contribution is -1.95. The van der Waals surface area contributed by atoms with Crippen LogP contribution in [0.2, 0.25) is 0 Å². The lowest BCUT2D eigenvalue weighted by molar-refractivity contribution is 1.17. The zero-order chi connectivity index (χ0) is 53.5. The van der Waals surface area contributed by atoms with Crippen molar-refractivity contribution < 1.29 is 31.5 Å². The molecule has 0 amide bonds. The molecule has 0 atom stereocenters. The van der Waals surface area contributed by atoms with Gasteiger partial charge in [0, 0.05) is 49.4 Å². The highest BCUT2D eigenvalue weighted by Gasteiger charge is 2.18. The van der Waals surface area contributed by atoms with Gasteiger partial charge in [0.05, 0.1) is 64.6 Å². The van der Waals surface area contributed by atoms with Crippen molar-refractivity contribution in [2.24, 2.45) is 0 Å². The van der Waals surface area contributed by atoms with Crippen molar-refractivity contribution in [2.45, 2.75) is 0 Å². The maximum atomic E-state index is 9.92. The van der Waals surface area contributed by atoms with Crippen LogP contribution in [-0.4, -0.2) is 13.7 Å². The predicted octanol–water partition coefficient (Wildman–Crippen LogP) is 12.6. The number of aromatic nitrogens is 3. The van der Waals surface area contributed by atoms with E-state index in [9.17, 15) is 15.1 Å². The van der Waals surface area contributed by atoms with Crippen molar-refractivity contribution in [3.63, 3.8) is 0 Å². The van der Waals surface area contributed by atoms with E-state index in [1.807, 2.05) is 0 Å². The van der Waals surface area contributed by atoms with Crippen molar-refractivity contribution in [3.8, 4) is 28.2 Å². The Bertz CT molecular complexity index is 4460. The Balaban J connectivity index is 1.34. The van der Waals surface area contributed by atoms with E-state index in [-0.39, 0.29) is 67.1 Å². The van der Waals surface area contributed by atoms with Crippen molar-refractivity contribution in [1.82, 2.24) is 13.7 Å². The predicted molar refractivity (Wildman–Crippen MR) is 215 cm³/mol. The van der Waals surface area contributed by atoms with Crippen LogP contribution < -0.4 is 0 Å². The van der Waals surface area contributed by atoms with Crippen molar-refractivity contribution in [1.29, 1.82) is 0 Å². The van der Waals surface area contributed by atoms with Crippen molar-refractivity contribution in [2.75, 3.05) is 0 Å². The van der Waals surface area contributed by atoms with Crippen molar-refractivity contribution in [3.05, 3.63) is 188 Å². The molecule has 11 aromatic rings. The van der Waals surface area contributed by atoms with E-state index in [0.29, 0.717) is 0 Å². The van der Waals surface area contributed by atoms with Crippen LogP contribution in [0, 0.1) is 0 Å². The molecule has 0 bridgehead atoms. The molecule has 238 valence electrons. The molecule has 0 aliphatic rings. The Hall–Kier alpha value is -6.84. The van der Waals surface area contributed by atoms with Crippen LogP contribution in [-0.2, 0) is 0 Å². The summed E-state index contributed by atoms with van der Waals surface area (Å²) in [6.07, 6.45) is 0. The minimum Gasteiger partial charge on any atom is -0.309 e. The SMILES string of the molecule is [2H]c1ccc(-n2c3c([2H])c([2H])c([2H])c([2H])c3c3c([2H])c(-n4c5c([2H])c([2H])c([2H])c([2H])c5c5c([2H])c(-c6c([2H])c([2H])c7c(c6[2H])c6c([2H])c([2H])c([2H])c([2H])c6n7-c6cccc([2H])c6)c([2H])c([2H])c54)c([2H])c([2H])c32)cc1. The van der Waals surface area contributed by atoms with Gasteiger partial charge in [-0.15, -0.1) is 0 Å². The Morgan fingerprint density at radius 3 is 1.27 bits per heavy atom. The minimum atomic E-state index is -0.913. The highest BCUT2D eigenvalue weighted by molar-refractivity contribution is 6.14. The molecule has 0 aliphatic carbocycles. The number of hydrogen-bond donors (Lipinski definition) is 0. The summed E-state index contributed by atoms with van der Waals surface area (Å²) in [4.78, 5) is 0. The third kappa shape index (κ3) is 4.12. The molecule has 3 nitrogen and oxygen atoms in total. The first-order chi connectivity index (χ1) is 34.9. The maximum absolute atomic E-state index is 9.92. The molecule has 3 heteroatoms. The average Bonchev–Trinajstić information content (AvgIpc) is 4.09. The van der Waals surface area contributed by atoms with Gasteiger partial charge >= 0.3 is 0 Å². The van der Waals surface area contributed by atoms with Gasteiger partial charge in [-0.2, -0.15) is 0 Å². The van der Waals surface area contributed by atoms with Gasteiger partial charge in [0.2, 0.25) is 0 Å². The minimum absolute atomic E-state index is 0.0190. The van der Waals surface area contributed by atoms with Gasteiger partial charge in [-0.3, -0.25) is 0 Å². The van der Waals surface area contributed by atoms with Gasteiger partial charge in [0.15, 0.2) is 0 Å². The maximum Gasteiger partial charge on any atom is 0.0652 e. The van der Waals surface area contributed by atoms with Gasteiger partial charge in [0.1, 0.15) is 0 Å². The van der Waals surface area contributed by atoms with Crippen LogP contribution in [0.1, 0.15) is 31.5 Å². The van der Waals surface area contributed by atoms with Crippen LogP contribution in [0.5, 0.6) is 0 Å². The van der Waals surface area contributed by atoms with Gasteiger partial charge in [-0.25, -0.2) is 0 Å². The van der Waals surface area contributed by atoms with Gasteiger partial charge in [0.25, 0.3) is 0 Å². The third-order valence-corrected chi connectivity index (χ3v) is 8.84. The monoisotopic (exact) mass is 672 g/mol. The largest absolute Gasteiger partial charge is 0.309 e. The first-order valence-electron chi connectivity index (χ1n) is 27.2. The molecule has 0 saturated heterocycles. The van der Waals surface area contributed by atoms with E-state index in [2.05, 4.69) is 0 Å². The van der Waals surface area contributed by atoms with E-state index in [0.717, 1.165) is 4.57 Å². The van der Waals surface area contributed by atoms with E-state index in [1.54, 1.807) is 0 Å². The Kier molecular flexibility index (Phi) is 2.93. The first kappa shape index (κ1) is 13.8. The van der Waals surface area contributed by atoms with Gasteiger partial charge in [-0.05, 0) is 95.8 Å². The fraction of sp³-hybridized carbons (Fsp3) is 0. The summed E-state index contributed by atoms with van der Waals surface area (Å²) in [6.45, 7) is 0. The summed E-state index contributed by atoms with van der Waals surface area (Å²) in [7, 11) is 0. The number of rotatable bonds is 4. The number of para-hydroxylation sites is 5. The van der Waals surface area contributed by atoms with Crippen LogP contribution in [0.3, 0.4) is 0 Å². The zero-order valence-corrected chi connectivity index (χ0v) is 26.0. The molecule has 0 fully saturated rings. The summed E-state index contributed by atoms with van der Waals surface area (Å²) in [5, 5.41) is -2.16. The van der Waals surface area contributed by atoms with Crippen LogP contribution in [0.15, 0.2) is 188 Å². The lowest BCUT2D eigenvalue weighted by atomic mass is 10.0. The van der Waals surface area contributed by atoms with Crippen molar-refractivity contribution >= 4 is 65.4 Å². The molecule has 3 aromatic heterocycles. The molecule has 0 aliphatic heterocycles. The van der Waals surface area contributed by atoms with E-state index in [1.165, 1.54) is 57.7 Å². The normalized spacial score (nSPS) is 18.2. The van der Waals surface area contributed by atoms with Crippen LogP contribution in [0.25, 0.3) is 93.6 Å². The van der Waals surface area contributed by atoms with Crippen LogP contribution in [0.4, 0.5) is 0 Å². The molecule has 3 heterocycles. The van der Waals surface area contributed by atoms with Gasteiger partial charge < -0.3 is 13.7 Å². The molecule has 0 radical (unpaired) electrons. The topological polar surface area (TPSA) is 14.8 Å². The van der Waals surface area contributed by atoms with Crippen LogP contribution >= 0.6 is 0 Å². The number of hydrogen-bond acceptors (Lipinski definition) is 0. The molecule has 11 rings (SSSR count). The third-order valence-electron chi connectivity index (χ3n) is 8.84. The molecule has 51 heavy (non-hydrogen) atoms. The number of fused-ring (bicyclic) bond motifs is 9. The Morgan fingerprint density at radius 2 is 0.725 bits per heavy atom. The Labute approximate surface area is 326 Å². The standard InChI is InChI=1S/C48H31N3/c1-3-13-34(14-4-1)49-43-20-10-7-17-37(43)40-29-32(23-26-46(40)49)33-24-27-47-41(30-33)38-18-8-12-22-45(38)51(47)36-25-28-48-42(31-36)39-19-9-11-21-44(39)50(48)35-15-5-2-6-16-35/h1-31H/i2D,3D,7D,8D,9D,10D,11D,12D,17D,18D,19D,20D,21D,22D,23D,24D,25D,26D,27D,28D,29D,30D,31D. The number of nitrogens with zero attached hydrogens (tertiary/aromatic N) is 3. The first-order valence-corrected chi connectivity index (χ1v) is 15.7. The van der Waals surface area contributed by atoms with E-state index < -0.39 is 166 Å². The van der Waals surface area contributed by atoms with E-state index >= 15 is 0 Å². The second kappa shape index (κ2) is 10.8. The lowest BCUT2D eigenvalue weighted by Gasteiger charge is -2.11. The molecule has 0 unspecified atom stereocenters. The molecular weight excluding hydrogens is 619 g/mol. The fourth-order valence-corrected chi connectivity index (χ4v) is 6.69. The summed E-state index contributed by atoms with van der Waals surface area (Å²) in [5.41, 5.74) is -3.61. The number of benzene rings is 8. The second-order valence-corrected chi connectivity index (χ2v) is 11.6. The fourth-order valence-electron chi connectivity index (χ4n) is 6.69. The summed E-state index contributed by atoms with van der Waals surface area (Å²) >= 11 is 0.